The van der Waals surface area contributed by atoms with E-state index >= 15 is 0 Å². The quantitative estimate of drug-likeness (QED) is 0.815. The summed E-state index contributed by atoms with van der Waals surface area (Å²) >= 11 is 0. The molecule has 1 N–H and O–H groups in total. The van der Waals surface area contributed by atoms with E-state index in [1.165, 1.54) is 38.6 Å². The zero-order valence-corrected chi connectivity index (χ0v) is 11.8. The topological polar surface area (TPSA) is 32.3 Å². The molecule has 104 valence electrons. The number of hydrogen-bond donors (Lipinski definition) is 1. The fraction of sp³-hybridized carbons (Fsp3) is 0.933. The minimum Gasteiger partial charge on any atom is -0.341 e. The molecule has 1 heterocycles. The van der Waals surface area contributed by atoms with Crippen molar-refractivity contribution in [3.63, 3.8) is 0 Å². The van der Waals surface area contributed by atoms with E-state index < -0.39 is 0 Å². The Morgan fingerprint density at radius 1 is 1.22 bits per heavy atom. The van der Waals surface area contributed by atoms with Crippen LogP contribution in [0.15, 0.2) is 0 Å². The summed E-state index contributed by atoms with van der Waals surface area (Å²) in [4.78, 5) is 14.0. The smallest absolute Gasteiger partial charge is 0.222 e. The lowest BCUT2D eigenvalue weighted by molar-refractivity contribution is -0.132. The normalized spacial score (nSPS) is 25.6. The van der Waals surface area contributed by atoms with E-state index in [0.29, 0.717) is 11.9 Å². The number of nitrogens with one attached hydrogen (secondary N) is 1. The first kappa shape index (κ1) is 13.9. The molecule has 1 aliphatic carbocycles. The summed E-state index contributed by atoms with van der Waals surface area (Å²) in [6.07, 6.45) is 9.72. The van der Waals surface area contributed by atoms with Crippen molar-refractivity contribution in [3.05, 3.63) is 0 Å². The van der Waals surface area contributed by atoms with Gasteiger partial charge in [-0.15, -0.1) is 0 Å². The molecule has 3 heteroatoms. The molecule has 1 aliphatic heterocycles. The standard InChI is InChI=1S/C15H28N2O/c1-2-6-15(18)17-10-5-9-14(12-17)16-11-13-7-3-4-8-13/h13-14,16H,2-12H2,1H3. The molecule has 0 aromatic carbocycles. The van der Waals surface area contributed by atoms with Gasteiger partial charge in [0.05, 0.1) is 0 Å². The molecule has 1 saturated heterocycles. The van der Waals surface area contributed by atoms with Crippen molar-refractivity contribution in [2.45, 2.75) is 64.3 Å². The summed E-state index contributed by atoms with van der Waals surface area (Å²) in [5.41, 5.74) is 0. The summed E-state index contributed by atoms with van der Waals surface area (Å²) in [6.45, 7) is 5.16. The molecule has 0 spiro atoms. The Balaban J connectivity index is 1.70. The third-order valence-corrected chi connectivity index (χ3v) is 4.41. The summed E-state index contributed by atoms with van der Waals surface area (Å²) in [6, 6.07) is 0.542. The molecule has 1 saturated carbocycles. The maximum atomic E-state index is 11.9. The van der Waals surface area contributed by atoms with E-state index in [-0.39, 0.29) is 0 Å². The number of hydrogen-bond acceptors (Lipinski definition) is 2. The van der Waals surface area contributed by atoms with E-state index in [0.717, 1.165) is 38.3 Å². The molecule has 1 unspecified atom stereocenters. The number of likely N-dealkylation sites (tertiary alicyclic amines) is 1. The molecule has 0 aromatic rings. The van der Waals surface area contributed by atoms with Crippen molar-refractivity contribution < 1.29 is 4.79 Å². The maximum absolute atomic E-state index is 11.9. The van der Waals surface area contributed by atoms with Crippen molar-refractivity contribution in [2.24, 2.45) is 5.92 Å². The third kappa shape index (κ3) is 3.98. The zero-order valence-electron chi connectivity index (χ0n) is 11.8. The third-order valence-electron chi connectivity index (χ3n) is 4.41. The largest absolute Gasteiger partial charge is 0.341 e. The lowest BCUT2D eigenvalue weighted by Gasteiger charge is -2.34. The van der Waals surface area contributed by atoms with Gasteiger partial charge in [-0.05, 0) is 44.6 Å². The SMILES string of the molecule is CCCC(=O)N1CCCC(NCC2CCCC2)C1. The van der Waals surface area contributed by atoms with E-state index in [1.54, 1.807) is 0 Å². The highest BCUT2D eigenvalue weighted by molar-refractivity contribution is 5.76. The van der Waals surface area contributed by atoms with Gasteiger partial charge in [0.2, 0.25) is 5.91 Å². The molecule has 0 aromatic heterocycles. The number of piperidine rings is 1. The second kappa shape index (κ2) is 7.13. The Bertz CT molecular complexity index is 261. The summed E-state index contributed by atoms with van der Waals surface area (Å²) in [7, 11) is 0. The maximum Gasteiger partial charge on any atom is 0.222 e. The molecule has 2 rings (SSSR count). The predicted octanol–water partition coefficient (Wildman–Crippen LogP) is 2.56. The average molecular weight is 252 g/mol. The minimum absolute atomic E-state index is 0.352. The Hall–Kier alpha value is -0.570. The summed E-state index contributed by atoms with van der Waals surface area (Å²) in [5, 5.41) is 3.70. The molecular weight excluding hydrogens is 224 g/mol. The Labute approximate surface area is 111 Å². The van der Waals surface area contributed by atoms with Crippen molar-refractivity contribution in [1.82, 2.24) is 10.2 Å². The molecule has 3 nitrogen and oxygen atoms in total. The van der Waals surface area contributed by atoms with Gasteiger partial charge in [-0.25, -0.2) is 0 Å². The van der Waals surface area contributed by atoms with Crippen molar-refractivity contribution in [2.75, 3.05) is 19.6 Å². The van der Waals surface area contributed by atoms with Gasteiger partial charge >= 0.3 is 0 Å². The lowest BCUT2D eigenvalue weighted by atomic mass is 10.0. The first-order valence-corrected chi connectivity index (χ1v) is 7.80. The van der Waals surface area contributed by atoms with Crippen LogP contribution in [0.3, 0.4) is 0 Å². The molecule has 1 amide bonds. The molecule has 18 heavy (non-hydrogen) atoms. The van der Waals surface area contributed by atoms with Gasteiger partial charge in [0, 0.05) is 25.6 Å². The fourth-order valence-electron chi connectivity index (χ4n) is 3.29. The van der Waals surface area contributed by atoms with Crippen LogP contribution in [-0.4, -0.2) is 36.5 Å². The fourth-order valence-corrected chi connectivity index (χ4v) is 3.29. The first-order chi connectivity index (χ1) is 8.79. The number of nitrogens with zero attached hydrogens (tertiary/aromatic N) is 1. The van der Waals surface area contributed by atoms with Crippen LogP contribution in [0.25, 0.3) is 0 Å². The van der Waals surface area contributed by atoms with Gasteiger partial charge in [-0.1, -0.05) is 19.8 Å². The second-order valence-electron chi connectivity index (χ2n) is 5.99. The molecule has 0 bridgehead atoms. The van der Waals surface area contributed by atoms with E-state index in [2.05, 4.69) is 17.1 Å². The Morgan fingerprint density at radius 2 is 2.00 bits per heavy atom. The van der Waals surface area contributed by atoms with Gasteiger partial charge in [0.25, 0.3) is 0 Å². The van der Waals surface area contributed by atoms with Gasteiger partial charge in [-0.3, -0.25) is 4.79 Å². The Morgan fingerprint density at radius 3 is 2.72 bits per heavy atom. The molecule has 0 radical (unpaired) electrons. The summed E-state index contributed by atoms with van der Waals surface area (Å²) in [5.74, 6) is 1.25. The van der Waals surface area contributed by atoms with Crippen molar-refractivity contribution >= 4 is 5.91 Å². The zero-order chi connectivity index (χ0) is 12.8. The van der Waals surface area contributed by atoms with Gasteiger partial charge < -0.3 is 10.2 Å². The van der Waals surface area contributed by atoms with E-state index in [4.69, 9.17) is 0 Å². The molecule has 1 atom stereocenters. The van der Waals surface area contributed by atoms with Gasteiger partial charge in [0.15, 0.2) is 0 Å². The van der Waals surface area contributed by atoms with Gasteiger partial charge in [0.1, 0.15) is 0 Å². The number of carbonyl (C=O) groups excluding carboxylic acids is 1. The van der Waals surface area contributed by atoms with Crippen LogP contribution in [0.4, 0.5) is 0 Å². The average Bonchev–Trinajstić information content (AvgIpc) is 2.90. The van der Waals surface area contributed by atoms with Crippen molar-refractivity contribution in [3.8, 4) is 0 Å². The van der Waals surface area contributed by atoms with Crippen LogP contribution in [0, 0.1) is 5.92 Å². The van der Waals surface area contributed by atoms with Crippen LogP contribution in [0.1, 0.15) is 58.3 Å². The number of amides is 1. The van der Waals surface area contributed by atoms with E-state index in [9.17, 15) is 4.79 Å². The summed E-state index contributed by atoms with van der Waals surface area (Å²) < 4.78 is 0. The molecular formula is C15H28N2O. The van der Waals surface area contributed by atoms with Crippen LogP contribution in [0.2, 0.25) is 0 Å². The van der Waals surface area contributed by atoms with Gasteiger partial charge in [-0.2, -0.15) is 0 Å². The number of carbonyl (C=O) groups is 1. The van der Waals surface area contributed by atoms with Crippen LogP contribution in [-0.2, 0) is 4.79 Å². The first-order valence-electron chi connectivity index (χ1n) is 7.80. The monoisotopic (exact) mass is 252 g/mol. The highest BCUT2D eigenvalue weighted by atomic mass is 16.2. The highest BCUT2D eigenvalue weighted by Crippen LogP contribution is 2.24. The lowest BCUT2D eigenvalue weighted by Crippen LogP contribution is -2.48. The van der Waals surface area contributed by atoms with Crippen LogP contribution < -0.4 is 5.32 Å². The minimum atomic E-state index is 0.352. The van der Waals surface area contributed by atoms with Crippen LogP contribution >= 0.6 is 0 Å². The van der Waals surface area contributed by atoms with Crippen molar-refractivity contribution in [1.29, 1.82) is 0 Å². The Kier molecular flexibility index (Phi) is 5.48. The second-order valence-corrected chi connectivity index (χ2v) is 5.99. The number of rotatable bonds is 5. The van der Waals surface area contributed by atoms with Crippen LogP contribution in [0.5, 0.6) is 0 Å². The van der Waals surface area contributed by atoms with E-state index in [1.807, 2.05) is 0 Å². The molecule has 2 aliphatic rings. The highest BCUT2D eigenvalue weighted by Gasteiger charge is 2.24. The predicted molar refractivity (Wildman–Crippen MR) is 74.5 cm³/mol. The molecule has 2 fully saturated rings.